The lowest BCUT2D eigenvalue weighted by Gasteiger charge is -2.62. The molecule has 0 aromatic heterocycles. The van der Waals surface area contributed by atoms with Gasteiger partial charge in [0.15, 0.2) is 0 Å². The molecule has 4 heteroatoms. The number of rotatable bonds is 18. The van der Waals surface area contributed by atoms with Gasteiger partial charge in [0.05, 0.1) is 6.10 Å². The number of aliphatic hydroxyl groups excluding tert-OH is 1. The third-order valence-corrected chi connectivity index (χ3v) is 13.7. The van der Waals surface area contributed by atoms with E-state index in [1.165, 1.54) is 32.1 Å². The fourth-order valence-electron chi connectivity index (χ4n) is 11.0. The summed E-state index contributed by atoms with van der Waals surface area (Å²) < 4.78 is 0. The Morgan fingerprint density at radius 1 is 0.776 bits per heavy atom. The van der Waals surface area contributed by atoms with Crippen LogP contribution in [0, 0.1) is 46.3 Å². The molecular weight excluding hydrogens is 602 g/mol. The summed E-state index contributed by atoms with van der Waals surface area (Å²) in [5, 5.41) is 15.2. The molecule has 274 valence electrons. The van der Waals surface area contributed by atoms with Crippen LogP contribution in [0.2, 0.25) is 0 Å². The van der Waals surface area contributed by atoms with Crippen molar-refractivity contribution in [2.45, 2.75) is 162 Å². The van der Waals surface area contributed by atoms with Gasteiger partial charge in [-0.25, -0.2) is 0 Å². The van der Waals surface area contributed by atoms with E-state index in [0.29, 0.717) is 59.5 Å². The van der Waals surface area contributed by atoms with Crippen molar-refractivity contribution in [2.24, 2.45) is 46.3 Å². The summed E-state index contributed by atoms with van der Waals surface area (Å²) in [7, 11) is 0. The number of hydrogen-bond donors (Lipinski definition) is 2. The number of Topliss-reactive ketones (excluding diaryl/α,β-unsaturated/α-hetero) is 1. The van der Waals surface area contributed by atoms with Gasteiger partial charge in [0.25, 0.3) is 0 Å². The minimum Gasteiger partial charge on any atom is -0.393 e. The Morgan fingerprint density at radius 3 is 2.00 bits per heavy atom. The minimum absolute atomic E-state index is 0.194. The highest BCUT2D eigenvalue weighted by Crippen LogP contribution is 2.68. The summed E-state index contributed by atoms with van der Waals surface area (Å²) in [5.74, 6) is 3.83. The van der Waals surface area contributed by atoms with Crippen molar-refractivity contribution in [1.82, 2.24) is 5.32 Å². The zero-order chi connectivity index (χ0) is 35.3. The number of unbranched alkanes of at least 4 members (excludes halogenated alkanes) is 1. The molecule has 4 rings (SSSR count). The van der Waals surface area contributed by atoms with Gasteiger partial charge < -0.3 is 15.2 Å². The Bertz CT molecular complexity index is 1200. The monoisotopic (exact) mass is 674 g/mol. The maximum Gasteiger partial charge on any atom is 0.220 e. The highest BCUT2D eigenvalue weighted by atomic mass is 16.3. The molecule has 4 fully saturated rings. The summed E-state index contributed by atoms with van der Waals surface area (Å²) in [6, 6.07) is 0.245. The normalized spacial score (nSPS) is 35.3. The van der Waals surface area contributed by atoms with Gasteiger partial charge >= 0.3 is 0 Å². The largest absolute Gasteiger partial charge is 0.393 e. The van der Waals surface area contributed by atoms with E-state index in [1.54, 1.807) is 6.92 Å². The molecule has 0 saturated heterocycles. The molecule has 4 aliphatic carbocycles. The van der Waals surface area contributed by atoms with Gasteiger partial charge in [0, 0.05) is 18.9 Å². The van der Waals surface area contributed by atoms with Crippen molar-refractivity contribution in [3.05, 3.63) is 60.8 Å². The molecule has 0 radical (unpaired) electrons. The number of amides is 1. The van der Waals surface area contributed by atoms with E-state index in [2.05, 4.69) is 93.8 Å². The van der Waals surface area contributed by atoms with Crippen molar-refractivity contribution >= 4 is 11.7 Å². The number of carbonyl (C=O) groups excluding carboxylic acids is 2. The molecule has 2 N–H and O–H groups in total. The summed E-state index contributed by atoms with van der Waals surface area (Å²) >= 11 is 0. The van der Waals surface area contributed by atoms with Gasteiger partial charge in [-0.2, -0.15) is 0 Å². The van der Waals surface area contributed by atoms with Gasteiger partial charge in [-0.05, 0) is 156 Å². The maximum atomic E-state index is 12.9. The Kier molecular flexibility index (Phi) is 15.7. The van der Waals surface area contributed by atoms with E-state index in [9.17, 15) is 14.7 Å². The van der Waals surface area contributed by atoms with Gasteiger partial charge in [-0.15, -0.1) is 0 Å². The molecule has 6 unspecified atom stereocenters. The second-order valence-corrected chi connectivity index (χ2v) is 16.9. The van der Waals surface area contributed by atoms with E-state index in [4.69, 9.17) is 0 Å². The molecule has 10 atom stereocenters. The van der Waals surface area contributed by atoms with Crippen molar-refractivity contribution in [3.63, 3.8) is 0 Å². The fourth-order valence-corrected chi connectivity index (χ4v) is 11.0. The number of hydrogen-bond acceptors (Lipinski definition) is 3. The lowest BCUT2D eigenvalue weighted by atomic mass is 9.43. The Balaban J connectivity index is 1.14. The van der Waals surface area contributed by atoms with Crippen LogP contribution in [-0.2, 0) is 9.59 Å². The van der Waals surface area contributed by atoms with E-state index >= 15 is 0 Å². The van der Waals surface area contributed by atoms with Gasteiger partial charge in [-0.1, -0.05) is 88.5 Å². The van der Waals surface area contributed by atoms with Crippen LogP contribution in [0.5, 0.6) is 0 Å². The Hall–Kier alpha value is -2.20. The standard InChI is InChI=1S/C45H71NO3/c1-6-7-8-9-10-11-12-13-14-15-16-17-18-19-20-21-22-23-42(49)46-37-28-30-44(4)36(32-37)33-41(48)43-39-27-26-38(34(2)24-25-35(3)47)45(39,5)31-29-40(43)44/h7-8,10-11,13-14,16-17,19-20,34,36-41,43,48H,6,9,12,15,18,21-33H2,1-5H3,(H,46,49)/b8-7-,11-10-,14-13-,17-16-,20-19-/t34-,36?,37-,38?,39?,40?,41?,43?,44+,45-/m1/s1. The fraction of sp³-hybridized carbons (Fsp3) is 0.733. The molecule has 0 aromatic carbocycles. The summed E-state index contributed by atoms with van der Waals surface area (Å²) in [6.07, 6.45) is 40.3. The van der Waals surface area contributed by atoms with Crippen LogP contribution in [0.4, 0.5) is 0 Å². The highest BCUT2D eigenvalue weighted by Gasteiger charge is 2.62. The lowest BCUT2D eigenvalue weighted by Crippen LogP contribution is -2.59. The molecule has 4 saturated carbocycles. The first-order valence-corrected chi connectivity index (χ1v) is 20.3. The van der Waals surface area contributed by atoms with E-state index in [1.807, 2.05) is 0 Å². The third-order valence-electron chi connectivity index (χ3n) is 13.7. The molecule has 0 aliphatic heterocycles. The lowest BCUT2D eigenvalue weighted by molar-refractivity contribution is -0.167. The topological polar surface area (TPSA) is 66.4 Å². The first-order chi connectivity index (χ1) is 23.6. The van der Waals surface area contributed by atoms with Crippen molar-refractivity contribution in [1.29, 1.82) is 0 Å². The number of allylic oxidation sites excluding steroid dienone is 10. The van der Waals surface area contributed by atoms with Crippen LogP contribution in [0.3, 0.4) is 0 Å². The molecule has 0 bridgehead atoms. The Labute approximate surface area is 300 Å². The first kappa shape index (κ1) is 39.6. The van der Waals surface area contributed by atoms with Gasteiger partial charge in [0.1, 0.15) is 5.78 Å². The Morgan fingerprint density at radius 2 is 1.37 bits per heavy atom. The van der Waals surface area contributed by atoms with Crippen LogP contribution in [0.1, 0.15) is 150 Å². The second kappa shape index (κ2) is 19.4. The smallest absolute Gasteiger partial charge is 0.220 e. The predicted molar refractivity (Wildman–Crippen MR) is 206 cm³/mol. The van der Waals surface area contributed by atoms with Crippen molar-refractivity contribution in [3.8, 4) is 0 Å². The quantitative estimate of drug-likeness (QED) is 0.112. The van der Waals surface area contributed by atoms with Crippen LogP contribution in [0.25, 0.3) is 0 Å². The van der Waals surface area contributed by atoms with Crippen molar-refractivity contribution in [2.75, 3.05) is 0 Å². The van der Waals surface area contributed by atoms with E-state index < -0.39 is 0 Å². The molecule has 49 heavy (non-hydrogen) atoms. The summed E-state index contributed by atoms with van der Waals surface area (Å²) in [4.78, 5) is 24.6. The van der Waals surface area contributed by atoms with E-state index in [0.717, 1.165) is 70.6 Å². The third kappa shape index (κ3) is 10.7. The molecular formula is C45H71NO3. The number of ketones is 1. The molecule has 0 heterocycles. The van der Waals surface area contributed by atoms with Gasteiger partial charge in [-0.3, -0.25) is 4.79 Å². The molecule has 4 nitrogen and oxygen atoms in total. The molecule has 4 aliphatic rings. The zero-order valence-corrected chi connectivity index (χ0v) is 31.9. The predicted octanol–water partition coefficient (Wildman–Crippen LogP) is 11.0. The van der Waals surface area contributed by atoms with Crippen LogP contribution < -0.4 is 5.32 Å². The molecule has 0 aromatic rings. The number of aliphatic hydroxyl groups is 1. The van der Waals surface area contributed by atoms with Crippen molar-refractivity contribution < 1.29 is 14.7 Å². The minimum atomic E-state index is -0.225. The number of fused-ring (bicyclic) bond motifs is 5. The summed E-state index contributed by atoms with van der Waals surface area (Å²) in [6.45, 7) is 11.3. The SMILES string of the molecule is CC/C=C\C/C=C\C/C=C\C/C=C\C/C=C\CCCC(=O)N[C@@H]1CC[C@@]2(C)C(CC(O)C3C2CC[C@@]2(C)C3CCC2[C@H](C)CCC(C)=O)C1. The first-order valence-electron chi connectivity index (χ1n) is 20.3. The van der Waals surface area contributed by atoms with Crippen LogP contribution in [-0.4, -0.2) is 28.9 Å². The average Bonchev–Trinajstić information content (AvgIpc) is 3.43. The number of nitrogens with one attached hydrogen (secondary N) is 1. The summed E-state index contributed by atoms with van der Waals surface area (Å²) in [5.41, 5.74) is 0.558. The average molecular weight is 674 g/mol. The molecule has 0 spiro atoms. The van der Waals surface area contributed by atoms with Crippen LogP contribution in [0.15, 0.2) is 60.8 Å². The zero-order valence-electron chi connectivity index (χ0n) is 31.9. The number of carbonyl (C=O) groups is 2. The van der Waals surface area contributed by atoms with Crippen LogP contribution >= 0.6 is 0 Å². The molecule has 1 amide bonds. The van der Waals surface area contributed by atoms with E-state index in [-0.39, 0.29) is 23.5 Å². The highest BCUT2D eigenvalue weighted by molar-refractivity contribution is 5.76. The maximum absolute atomic E-state index is 12.9. The second-order valence-electron chi connectivity index (χ2n) is 16.9. The van der Waals surface area contributed by atoms with Gasteiger partial charge in [0.2, 0.25) is 5.91 Å².